The molecule has 4 heteroatoms. The van der Waals surface area contributed by atoms with E-state index in [1.165, 1.54) is 5.56 Å². The molecule has 14 heavy (non-hydrogen) atoms. The fourth-order valence-electron chi connectivity index (χ4n) is 1.53. The third kappa shape index (κ3) is 1.43. The van der Waals surface area contributed by atoms with Crippen molar-refractivity contribution in [3.63, 3.8) is 0 Å². The molecule has 2 aromatic rings. The van der Waals surface area contributed by atoms with Gasteiger partial charge in [0, 0.05) is 6.20 Å². The minimum Gasteiger partial charge on any atom is -0.269 e. The molecule has 0 atom stereocenters. The molecule has 2 rings (SSSR count). The SMILES string of the molecule is CC(C)(C)c1ccnc2n[nH]c(Br)c12. The number of hydrogen-bond donors (Lipinski definition) is 1. The highest BCUT2D eigenvalue weighted by Crippen LogP contribution is 2.31. The number of pyridine rings is 1. The van der Waals surface area contributed by atoms with E-state index in [1.807, 2.05) is 6.07 Å². The van der Waals surface area contributed by atoms with Crippen LogP contribution in [0.15, 0.2) is 16.9 Å². The number of fused-ring (bicyclic) bond motifs is 1. The number of aromatic amines is 1. The first-order chi connectivity index (χ1) is 6.50. The molecule has 74 valence electrons. The summed E-state index contributed by atoms with van der Waals surface area (Å²) in [7, 11) is 0. The first-order valence-corrected chi connectivity index (χ1v) is 5.28. The lowest BCUT2D eigenvalue weighted by atomic mass is 9.86. The standard InChI is InChI=1S/C10H12BrN3/c1-10(2,3)6-4-5-12-9-7(6)8(11)13-14-9/h4-5H,1-3H3,(H,12,13,14). The first kappa shape index (κ1) is 9.65. The van der Waals surface area contributed by atoms with Crippen molar-refractivity contribution in [2.24, 2.45) is 0 Å². The summed E-state index contributed by atoms with van der Waals surface area (Å²) in [4.78, 5) is 4.20. The molecular formula is C10H12BrN3. The van der Waals surface area contributed by atoms with Crippen LogP contribution >= 0.6 is 15.9 Å². The summed E-state index contributed by atoms with van der Waals surface area (Å²) in [5.41, 5.74) is 2.13. The van der Waals surface area contributed by atoms with Gasteiger partial charge in [0.1, 0.15) is 4.60 Å². The fourth-order valence-corrected chi connectivity index (χ4v) is 2.01. The Morgan fingerprint density at radius 2 is 2.07 bits per heavy atom. The van der Waals surface area contributed by atoms with Crippen LogP contribution in [0.2, 0.25) is 0 Å². The summed E-state index contributed by atoms with van der Waals surface area (Å²) in [6, 6.07) is 2.04. The van der Waals surface area contributed by atoms with Gasteiger partial charge in [-0.15, -0.1) is 0 Å². The lowest BCUT2D eigenvalue weighted by Gasteiger charge is -2.19. The highest BCUT2D eigenvalue weighted by molar-refractivity contribution is 9.10. The maximum absolute atomic E-state index is 4.20. The van der Waals surface area contributed by atoms with E-state index in [4.69, 9.17) is 0 Å². The summed E-state index contributed by atoms with van der Waals surface area (Å²) >= 11 is 3.45. The van der Waals surface area contributed by atoms with Gasteiger partial charge in [-0.1, -0.05) is 20.8 Å². The molecule has 1 N–H and O–H groups in total. The quantitative estimate of drug-likeness (QED) is 0.785. The van der Waals surface area contributed by atoms with Gasteiger partial charge >= 0.3 is 0 Å². The average molecular weight is 254 g/mol. The Balaban J connectivity index is 2.82. The van der Waals surface area contributed by atoms with Crippen LogP contribution in [0.25, 0.3) is 11.0 Å². The third-order valence-corrected chi connectivity index (χ3v) is 2.79. The molecule has 0 aliphatic rings. The maximum atomic E-state index is 4.20. The van der Waals surface area contributed by atoms with Crippen molar-refractivity contribution in [1.82, 2.24) is 15.2 Å². The number of nitrogens with zero attached hydrogens (tertiary/aromatic N) is 2. The minimum atomic E-state index is 0.105. The van der Waals surface area contributed by atoms with Crippen molar-refractivity contribution < 1.29 is 0 Å². The molecule has 0 aliphatic carbocycles. The van der Waals surface area contributed by atoms with Crippen molar-refractivity contribution in [1.29, 1.82) is 0 Å². The van der Waals surface area contributed by atoms with E-state index >= 15 is 0 Å². The number of halogens is 1. The van der Waals surface area contributed by atoms with E-state index in [0.29, 0.717) is 0 Å². The molecular weight excluding hydrogens is 242 g/mol. The van der Waals surface area contributed by atoms with Crippen LogP contribution in [0, 0.1) is 0 Å². The first-order valence-electron chi connectivity index (χ1n) is 4.49. The molecule has 0 unspecified atom stereocenters. The Labute approximate surface area is 91.1 Å². The number of hydrogen-bond acceptors (Lipinski definition) is 2. The van der Waals surface area contributed by atoms with Gasteiger partial charge in [-0.25, -0.2) is 4.98 Å². The van der Waals surface area contributed by atoms with Gasteiger partial charge in [-0.2, -0.15) is 5.10 Å². The van der Waals surface area contributed by atoms with Crippen LogP contribution in [0.5, 0.6) is 0 Å². The zero-order valence-corrected chi connectivity index (χ0v) is 10.0. The number of aromatic nitrogens is 3. The average Bonchev–Trinajstić information content (AvgIpc) is 2.46. The van der Waals surface area contributed by atoms with Crippen LogP contribution in [-0.2, 0) is 5.41 Å². The molecule has 0 fully saturated rings. The molecule has 0 saturated carbocycles. The van der Waals surface area contributed by atoms with Gasteiger partial charge in [0.2, 0.25) is 0 Å². The lowest BCUT2D eigenvalue weighted by molar-refractivity contribution is 0.595. The highest BCUT2D eigenvalue weighted by Gasteiger charge is 2.19. The van der Waals surface area contributed by atoms with Gasteiger partial charge in [0.15, 0.2) is 5.65 Å². The van der Waals surface area contributed by atoms with Crippen molar-refractivity contribution in [3.05, 3.63) is 22.4 Å². The molecule has 2 heterocycles. The second kappa shape index (κ2) is 3.05. The maximum Gasteiger partial charge on any atom is 0.182 e. The van der Waals surface area contributed by atoms with E-state index in [2.05, 4.69) is 51.9 Å². The molecule has 3 nitrogen and oxygen atoms in total. The van der Waals surface area contributed by atoms with Crippen molar-refractivity contribution in [3.8, 4) is 0 Å². The largest absolute Gasteiger partial charge is 0.269 e. The van der Waals surface area contributed by atoms with Gasteiger partial charge in [0.25, 0.3) is 0 Å². The Morgan fingerprint density at radius 1 is 1.36 bits per heavy atom. The summed E-state index contributed by atoms with van der Waals surface area (Å²) in [5, 5.41) is 8.09. The van der Waals surface area contributed by atoms with Crippen LogP contribution in [0.1, 0.15) is 26.3 Å². The number of H-pyrrole nitrogens is 1. The summed E-state index contributed by atoms with van der Waals surface area (Å²) in [6.45, 7) is 6.55. The Kier molecular flexibility index (Phi) is 2.10. The molecule has 2 aromatic heterocycles. The Bertz CT molecular complexity index is 468. The number of nitrogens with one attached hydrogen (secondary N) is 1. The van der Waals surface area contributed by atoms with E-state index in [9.17, 15) is 0 Å². The third-order valence-electron chi connectivity index (χ3n) is 2.22. The van der Waals surface area contributed by atoms with E-state index in [0.717, 1.165) is 15.6 Å². The number of rotatable bonds is 0. The zero-order chi connectivity index (χ0) is 10.3. The van der Waals surface area contributed by atoms with E-state index < -0.39 is 0 Å². The molecule has 0 radical (unpaired) electrons. The van der Waals surface area contributed by atoms with Crippen molar-refractivity contribution >= 4 is 27.0 Å². The van der Waals surface area contributed by atoms with E-state index in [-0.39, 0.29) is 5.41 Å². The Hall–Kier alpha value is -0.900. The topological polar surface area (TPSA) is 41.6 Å². The minimum absolute atomic E-state index is 0.105. The van der Waals surface area contributed by atoms with Gasteiger partial charge in [-0.3, -0.25) is 5.10 Å². The molecule has 0 aromatic carbocycles. The monoisotopic (exact) mass is 253 g/mol. The van der Waals surface area contributed by atoms with E-state index in [1.54, 1.807) is 6.20 Å². The zero-order valence-electron chi connectivity index (χ0n) is 8.43. The van der Waals surface area contributed by atoms with Crippen molar-refractivity contribution in [2.45, 2.75) is 26.2 Å². The van der Waals surface area contributed by atoms with Gasteiger partial charge in [0.05, 0.1) is 5.39 Å². The fraction of sp³-hybridized carbons (Fsp3) is 0.400. The van der Waals surface area contributed by atoms with Gasteiger partial charge < -0.3 is 0 Å². The van der Waals surface area contributed by atoms with Gasteiger partial charge in [-0.05, 0) is 33.0 Å². The van der Waals surface area contributed by atoms with Crippen LogP contribution in [0.3, 0.4) is 0 Å². The summed E-state index contributed by atoms with van der Waals surface area (Å²) in [6.07, 6.45) is 1.80. The molecule has 0 saturated heterocycles. The lowest BCUT2D eigenvalue weighted by Crippen LogP contribution is -2.11. The second-order valence-electron chi connectivity index (χ2n) is 4.34. The predicted molar refractivity (Wildman–Crippen MR) is 60.3 cm³/mol. The van der Waals surface area contributed by atoms with Crippen LogP contribution in [-0.4, -0.2) is 15.2 Å². The van der Waals surface area contributed by atoms with Crippen molar-refractivity contribution in [2.75, 3.05) is 0 Å². The van der Waals surface area contributed by atoms with Crippen LogP contribution < -0.4 is 0 Å². The summed E-state index contributed by atoms with van der Waals surface area (Å²) < 4.78 is 0.908. The predicted octanol–water partition coefficient (Wildman–Crippen LogP) is 3.02. The Morgan fingerprint density at radius 3 is 2.71 bits per heavy atom. The summed E-state index contributed by atoms with van der Waals surface area (Å²) in [5.74, 6) is 0. The molecule has 0 bridgehead atoms. The molecule has 0 aliphatic heterocycles. The molecule has 0 spiro atoms. The molecule has 0 amide bonds. The smallest absolute Gasteiger partial charge is 0.182 e. The second-order valence-corrected chi connectivity index (χ2v) is 5.14. The normalized spacial score (nSPS) is 12.3. The van der Waals surface area contributed by atoms with Crippen LogP contribution in [0.4, 0.5) is 0 Å². The highest BCUT2D eigenvalue weighted by atomic mass is 79.9.